The molecule has 0 bridgehead atoms. The van der Waals surface area contributed by atoms with E-state index in [-0.39, 0.29) is 30.3 Å². The number of fused-ring (bicyclic) bond motifs is 1. The van der Waals surface area contributed by atoms with Crippen molar-refractivity contribution in [1.29, 1.82) is 0 Å². The quantitative estimate of drug-likeness (QED) is 0.228. The fourth-order valence-corrected chi connectivity index (χ4v) is 5.46. The minimum atomic E-state index is -4.75. The Morgan fingerprint density at radius 1 is 1.07 bits per heavy atom. The molecule has 1 aliphatic rings. The van der Waals surface area contributed by atoms with Gasteiger partial charge in [0.2, 0.25) is 0 Å². The number of urea groups is 1. The Balaban J connectivity index is 1.47. The van der Waals surface area contributed by atoms with Crippen LogP contribution in [0.15, 0.2) is 42.7 Å². The van der Waals surface area contributed by atoms with E-state index in [1.807, 2.05) is 19.2 Å². The summed E-state index contributed by atoms with van der Waals surface area (Å²) in [6.45, 7) is 5.98. The van der Waals surface area contributed by atoms with Crippen LogP contribution in [0, 0.1) is 11.6 Å². The van der Waals surface area contributed by atoms with Gasteiger partial charge in [-0.1, -0.05) is 6.07 Å². The summed E-state index contributed by atoms with van der Waals surface area (Å²) in [7, 11) is 1.53. The minimum absolute atomic E-state index is 0.0198. The maximum atomic E-state index is 15.4. The highest BCUT2D eigenvalue weighted by Gasteiger charge is 2.32. The zero-order valence-electron chi connectivity index (χ0n) is 24.0. The number of hydrogen-bond acceptors (Lipinski definition) is 7. The molecule has 4 aromatic rings. The molecule has 3 heterocycles. The van der Waals surface area contributed by atoms with Crippen LogP contribution in [0.2, 0.25) is 0 Å². The number of anilines is 3. The van der Waals surface area contributed by atoms with E-state index in [1.54, 1.807) is 4.52 Å². The number of morpholine rings is 1. The highest BCUT2D eigenvalue weighted by Crippen LogP contribution is 2.38. The van der Waals surface area contributed by atoms with Crippen LogP contribution in [0.5, 0.6) is 0 Å². The molecule has 4 N–H and O–H groups in total. The highest BCUT2D eigenvalue weighted by atomic mass is 19.4. The topological polar surface area (TPSA) is 119 Å². The van der Waals surface area contributed by atoms with E-state index >= 15 is 4.39 Å². The summed E-state index contributed by atoms with van der Waals surface area (Å²) in [5, 5.41) is 8.63. The van der Waals surface area contributed by atoms with Crippen LogP contribution in [-0.4, -0.2) is 57.9 Å². The summed E-state index contributed by atoms with van der Waals surface area (Å²) < 4.78 is 81.7. The van der Waals surface area contributed by atoms with Crippen molar-refractivity contribution >= 4 is 28.7 Å². The van der Waals surface area contributed by atoms with Crippen molar-refractivity contribution in [3.63, 3.8) is 0 Å². The normalized spacial score (nSPS) is 17.6. The second-order valence-corrected chi connectivity index (χ2v) is 10.6. The van der Waals surface area contributed by atoms with E-state index in [2.05, 4.69) is 20.3 Å². The number of nitrogen functional groups attached to an aromatic ring is 1. The first-order chi connectivity index (χ1) is 20.8. The molecule has 0 spiro atoms. The van der Waals surface area contributed by atoms with Gasteiger partial charge in [-0.15, -0.1) is 0 Å². The minimum Gasteiger partial charge on any atom is -0.382 e. The van der Waals surface area contributed by atoms with Crippen molar-refractivity contribution in [2.24, 2.45) is 0 Å². The van der Waals surface area contributed by atoms with Gasteiger partial charge in [0, 0.05) is 37.9 Å². The molecule has 2 aromatic carbocycles. The van der Waals surface area contributed by atoms with Gasteiger partial charge in [-0.2, -0.15) is 18.3 Å². The molecule has 2 atom stereocenters. The van der Waals surface area contributed by atoms with E-state index in [9.17, 15) is 22.4 Å². The lowest BCUT2D eigenvalue weighted by Crippen LogP contribution is -2.45. The van der Waals surface area contributed by atoms with Crippen LogP contribution in [0.1, 0.15) is 30.7 Å². The Morgan fingerprint density at radius 3 is 2.43 bits per heavy atom. The molecule has 10 nitrogen and oxygen atoms in total. The number of benzene rings is 2. The van der Waals surface area contributed by atoms with Gasteiger partial charge >= 0.3 is 12.2 Å². The van der Waals surface area contributed by atoms with E-state index in [1.165, 1.54) is 31.6 Å². The van der Waals surface area contributed by atoms with Gasteiger partial charge in [-0.05, 0) is 49.7 Å². The summed E-state index contributed by atoms with van der Waals surface area (Å²) in [4.78, 5) is 18.9. The average Bonchev–Trinajstić information content (AvgIpc) is 3.24. The van der Waals surface area contributed by atoms with E-state index in [4.69, 9.17) is 15.2 Å². The first kappa shape index (κ1) is 31.1. The van der Waals surface area contributed by atoms with E-state index < -0.39 is 35.1 Å². The van der Waals surface area contributed by atoms with Crippen LogP contribution in [0.25, 0.3) is 16.6 Å². The highest BCUT2D eigenvalue weighted by molar-refractivity contribution is 6.00. The lowest BCUT2D eigenvalue weighted by molar-refractivity contribution is -0.137. The number of nitrogens with one attached hydrogen (secondary N) is 2. The third-order valence-corrected chi connectivity index (χ3v) is 7.17. The Hall–Kier alpha value is -4.34. The van der Waals surface area contributed by atoms with Crippen LogP contribution < -0.4 is 16.4 Å². The number of rotatable bonds is 7. The largest absolute Gasteiger partial charge is 0.416 e. The van der Waals surface area contributed by atoms with E-state index in [0.717, 1.165) is 5.69 Å². The molecule has 0 unspecified atom stereocenters. The molecule has 0 aliphatic carbocycles. The summed E-state index contributed by atoms with van der Waals surface area (Å²) in [5.74, 6) is -1.79. The molecule has 15 heteroatoms. The fraction of sp³-hybridized carbons (Fsp3) is 0.345. The molecular formula is C29H30F5N7O3. The second-order valence-electron chi connectivity index (χ2n) is 10.6. The maximum absolute atomic E-state index is 15.4. The van der Waals surface area contributed by atoms with Crippen molar-refractivity contribution < 1.29 is 36.2 Å². The number of carbonyl (C=O) groups is 1. The molecule has 234 valence electrons. The molecule has 2 amide bonds. The van der Waals surface area contributed by atoms with Gasteiger partial charge in [0.25, 0.3) is 0 Å². The maximum Gasteiger partial charge on any atom is 0.416 e. The molecule has 1 saturated heterocycles. The van der Waals surface area contributed by atoms with Crippen LogP contribution in [-0.2, 0) is 28.8 Å². The van der Waals surface area contributed by atoms with Crippen LogP contribution >= 0.6 is 0 Å². The van der Waals surface area contributed by atoms with Gasteiger partial charge in [-0.3, -0.25) is 4.90 Å². The number of aromatic nitrogens is 3. The molecule has 0 saturated carbocycles. The number of hydrogen-bond donors (Lipinski definition) is 3. The standard InChI is InChI=1S/C29H30F5N7O3/c1-15-10-40(11-16(2)44-15)12-24-19(13-43-3)25(26-27(35)36-14-37-41(24)26)17-4-7-22(21(31)8-17)38-28(42)39-23-9-18(29(32,33)34)5-6-20(23)30/h4-9,14-16H,10-13H2,1-3H3,(H2,35,36,37)(H2,38,39,42)/t15-,16+. The number of carbonyl (C=O) groups excluding carboxylic acids is 1. The summed E-state index contributed by atoms with van der Waals surface area (Å²) in [5.41, 5.74) is 6.99. The van der Waals surface area contributed by atoms with Crippen LogP contribution in [0.3, 0.4) is 0 Å². The summed E-state index contributed by atoms with van der Waals surface area (Å²) >= 11 is 0. The number of nitrogens with zero attached hydrogens (tertiary/aromatic N) is 4. The number of ether oxygens (including phenoxy) is 2. The first-order valence-corrected chi connectivity index (χ1v) is 13.6. The number of nitrogens with two attached hydrogens (primary N) is 1. The van der Waals surface area contributed by atoms with Crippen LogP contribution in [0.4, 0.5) is 43.9 Å². The predicted molar refractivity (Wildman–Crippen MR) is 153 cm³/mol. The van der Waals surface area contributed by atoms with Crippen molar-refractivity contribution in [3.05, 3.63) is 71.2 Å². The number of amides is 2. The summed E-state index contributed by atoms with van der Waals surface area (Å²) in [6.07, 6.45) is -3.38. The SMILES string of the molecule is COCc1c(-c2ccc(NC(=O)Nc3cc(C(F)(F)F)ccc3F)c(F)c2)c2c(N)ncnn2c1CN1C[C@@H](C)O[C@@H](C)C1. The molecule has 1 aliphatic heterocycles. The molecule has 44 heavy (non-hydrogen) atoms. The van der Waals surface area contributed by atoms with Gasteiger partial charge in [0.05, 0.1) is 41.4 Å². The number of alkyl halides is 3. The molecular weight excluding hydrogens is 589 g/mol. The molecule has 2 aromatic heterocycles. The average molecular weight is 620 g/mol. The monoisotopic (exact) mass is 619 g/mol. The molecule has 5 rings (SSSR count). The number of halogens is 5. The Bertz CT molecular complexity index is 1680. The van der Waals surface area contributed by atoms with Gasteiger partial charge in [0.15, 0.2) is 5.82 Å². The third kappa shape index (κ3) is 6.44. The fourth-order valence-electron chi connectivity index (χ4n) is 5.46. The molecule has 1 fully saturated rings. The van der Waals surface area contributed by atoms with Gasteiger partial charge in [-0.25, -0.2) is 23.1 Å². The lowest BCUT2D eigenvalue weighted by atomic mass is 10.00. The second kappa shape index (κ2) is 12.3. The third-order valence-electron chi connectivity index (χ3n) is 7.17. The van der Waals surface area contributed by atoms with Crippen molar-refractivity contribution in [1.82, 2.24) is 19.5 Å². The smallest absolute Gasteiger partial charge is 0.382 e. The lowest BCUT2D eigenvalue weighted by Gasteiger charge is -2.35. The van der Waals surface area contributed by atoms with Crippen molar-refractivity contribution in [2.75, 3.05) is 36.6 Å². The summed E-state index contributed by atoms with van der Waals surface area (Å²) in [6, 6.07) is 4.42. The number of methoxy groups -OCH3 is 1. The Labute approximate surface area is 248 Å². The Morgan fingerprint density at radius 2 is 1.77 bits per heavy atom. The Kier molecular flexibility index (Phi) is 8.72. The molecule has 0 radical (unpaired) electrons. The van der Waals surface area contributed by atoms with Gasteiger partial charge in [0.1, 0.15) is 23.5 Å². The zero-order chi connectivity index (χ0) is 31.8. The van der Waals surface area contributed by atoms with E-state index in [0.29, 0.717) is 60.0 Å². The first-order valence-electron chi connectivity index (χ1n) is 13.6. The van der Waals surface area contributed by atoms with Crippen molar-refractivity contribution in [2.45, 2.75) is 45.4 Å². The zero-order valence-corrected chi connectivity index (χ0v) is 24.0. The van der Waals surface area contributed by atoms with Crippen molar-refractivity contribution in [3.8, 4) is 11.1 Å². The van der Waals surface area contributed by atoms with Gasteiger partial charge < -0.3 is 25.8 Å². The predicted octanol–water partition coefficient (Wildman–Crippen LogP) is 5.68.